The zero-order valence-electron chi connectivity index (χ0n) is 12.7. The molecule has 0 amide bonds. The largest absolute Gasteiger partial charge is 0.352 e. The van der Waals surface area contributed by atoms with Gasteiger partial charge in [0.25, 0.3) is 0 Å². The molecule has 0 bridgehead atoms. The molecular weight excluding hydrogens is 222 g/mol. The van der Waals surface area contributed by atoms with Crippen LogP contribution >= 0.6 is 0 Å². The van der Waals surface area contributed by atoms with Crippen molar-refractivity contribution in [2.24, 2.45) is 7.05 Å². The summed E-state index contributed by atoms with van der Waals surface area (Å²) in [5.74, 6) is 0. The molecule has 0 unspecified atom stereocenters. The Hall–Kier alpha value is -0.800. The molecule has 0 fully saturated rings. The van der Waals surface area contributed by atoms with Gasteiger partial charge >= 0.3 is 0 Å². The lowest BCUT2D eigenvalue weighted by molar-refractivity contribution is 0.287. The number of hydrogen-bond acceptors (Lipinski definition) is 2. The van der Waals surface area contributed by atoms with E-state index in [1.54, 1.807) is 0 Å². The van der Waals surface area contributed by atoms with Crippen molar-refractivity contribution in [2.45, 2.75) is 40.7 Å². The summed E-state index contributed by atoms with van der Waals surface area (Å²) in [4.78, 5) is 2.50. The zero-order valence-corrected chi connectivity index (χ0v) is 12.7. The van der Waals surface area contributed by atoms with Crippen LogP contribution < -0.4 is 5.32 Å². The fourth-order valence-electron chi connectivity index (χ4n) is 2.32. The maximum absolute atomic E-state index is 3.55. The van der Waals surface area contributed by atoms with Gasteiger partial charge in [0.2, 0.25) is 0 Å². The van der Waals surface area contributed by atoms with Crippen LogP contribution in [0.1, 0.15) is 37.2 Å². The van der Waals surface area contributed by atoms with Crippen molar-refractivity contribution in [3.8, 4) is 0 Å². The molecule has 104 valence electrons. The topological polar surface area (TPSA) is 20.2 Å². The molecule has 1 aromatic rings. The van der Waals surface area contributed by atoms with Crippen molar-refractivity contribution in [3.05, 3.63) is 23.0 Å². The van der Waals surface area contributed by atoms with Crippen molar-refractivity contribution >= 4 is 0 Å². The molecule has 1 aromatic heterocycles. The third kappa shape index (κ3) is 4.14. The van der Waals surface area contributed by atoms with Gasteiger partial charge in [-0.25, -0.2) is 0 Å². The van der Waals surface area contributed by atoms with Crippen molar-refractivity contribution < 1.29 is 0 Å². The molecule has 0 aliphatic heterocycles. The molecule has 1 rings (SSSR count). The Kier molecular flexibility index (Phi) is 6.44. The van der Waals surface area contributed by atoms with Gasteiger partial charge < -0.3 is 14.8 Å². The highest BCUT2D eigenvalue weighted by atomic mass is 15.1. The summed E-state index contributed by atoms with van der Waals surface area (Å²) in [6, 6.07) is 2.28. The monoisotopic (exact) mass is 251 g/mol. The normalized spacial score (nSPS) is 11.4. The fourth-order valence-corrected chi connectivity index (χ4v) is 2.32. The Morgan fingerprint density at radius 1 is 1.22 bits per heavy atom. The maximum Gasteiger partial charge on any atom is 0.0223 e. The number of rotatable bonds is 8. The van der Waals surface area contributed by atoms with Gasteiger partial charge in [-0.1, -0.05) is 13.8 Å². The third-order valence-corrected chi connectivity index (χ3v) is 3.79. The van der Waals surface area contributed by atoms with Gasteiger partial charge in [-0.2, -0.15) is 0 Å². The molecule has 3 nitrogen and oxygen atoms in total. The lowest BCUT2D eigenvalue weighted by Crippen LogP contribution is -2.32. The summed E-state index contributed by atoms with van der Waals surface area (Å²) in [5, 5.41) is 3.55. The maximum atomic E-state index is 3.55. The molecule has 1 N–H and O–H groups in total. The van der Waals surface area contributed by atoms with Crippen LogP contribution in [0.4, 0.5) is 0 Å². The van der Waals surface area contributed by atoms with Gasteiger partial charge in [0.05, 0.1) is 0 Å². The Morgan fingerprint density at radius 2 is 1.94 bits per heavy atom. The third-order valence-electron chi connectivity index (χ3n) is 3.79. The fraction of sp³-hybridized carbons (Fsp3) is 0.733. The predicted octanol–water partition coefficient (Wildman–Crippen LogP) is 2.46. The molecule has 18 heavy (non-hydrogen) atoms. The SMILES string of the molecule is CCCN(CC)CCNCc1cc(C)n(C)c1C. The Morgan fingerprint density at radius 3 is 2.44 bits per heavy atom. The number of aryl methyl sites for hydroxylation is 1. The minimum absolute atomic E-state index is 0.983. The van der Waals surface area contributed by atoms with Gasteiger partial charge in [0.1, 0.15) is 0 Å². The van der Waals surface area contributed by atoms with E-state index >= 15 is 0 Å². The van der Waals surface area contributed by atoms with Crippen LogP contribution in [-0.2, 0) is 13.6 Å². The van der Waals surface area contributed by atoms with E-state index in [1.807, 2.05) is 0 Å². The van der Waals surface area contributed by atoms with Crippen molar-refractivity contribution in [1.82, 2.24) is 14.8 Å². The molecule has 0 aliphatic rings. The smallest absolute Gasteiger partial charge is 0.0223 e. The van der Waals surface area contributed by atoms with E-state index in [-0.39, 0.29) is 0 Å². The first-order valence-corrected chi connectivity index (χ1v) is 7.15. The predicted molar refractivity (Wildman–Crippen MR) is 79.0 cm³/mol. The molecule has 0 radical (unpaired) electrons. The summed E-state index contributed by atoms with van der Waals surface area (Å²) >= 11 is 0. The second-order valence-electron chi connectivity index (χ2n) is 5.07. The van der Waals surface area contributed by atoms with E-state index in [1.165, 1.54) is 29.9 Å². The highest BCUT2D eigenvalue weighted by Crippen LogP contribution is 2.12. The Bertz CT molecular complexity index is 355. The lowest BCUT2D eigenvalue weighted by atomic mass is 10.2. The van der Waals surface area contributed by atoms with E-state index in [9.17, 15) is 0 Å². The standard InChI is InChI=1S/C15H29N3/c1-6-9-18(7-2)10-8-16-12-15-11-13(3)17(5)14(15)4/h11,16H,6-10,12H2,1-5H3. The van der Waals surface area contributed by atoms with Crippen LogP contribution in [0.25, 0.3) is 0 Å². The van der Waals surface area contributed by atoms with Gasteiger partial charge in [-0.3, -0.25) is 0 Å². The number of nitrogens with one attached hydrogen (secondary N) is 1. The van der Waals surface area contributed by atoms with Crippen molar-refractivity contribution in [2.75, 3.05) is 26.2 Å². The Labute approximate surface area is 112 Å². The molecule has 1 heterocycles. The zero-order chi connectivity index (χ0) is 13.5. The van der Waals surface area contributed by atoms with Crippen LogP contribution in [0.2, 0.25) is 0 Å². The minimum Gasteiger partial charge on any atom is -0.352 e. The average molecular weight is 251 g/mol. The summed E-state index contributed by atoms with van der Waals surface area (Å²) < 4.78 is 2.26. The van der Waals surface area contributed by atoms with E-state index in [4.69, 9.17) is 0 Å². The molecule has 3 heteroatoms. The van der Waals surface area contributed by atoms with E-state index < -0.39 is 0 Å². The first kappa shape index (κ1) is 15.3. The van der Waals surface area contributed by atoms with Gasteiger partial charge in [0.15, 0.2) is 0 Å². The first-order valence-electron chi connectivity index (χ1n) is 7.15. The second-order valence-corrected chi connectivity index (χ2v) is 5.07. The number of likely N-dealkylation sites (N-methyl/N-ethyl adjacent to an activating group) is 1. The first-order chi connectivity index (χ1) is 8.60. The van der Waals surface area contributed by atoms with Crippen LogP contribution in [0.5, 0.6) is 0 Å². The van der Waals surface area contributed by atoms with E-state index in [0.29, 0.717) is 0 Å². The molecule has 0 aromatic carbocycles. The molecular formula is C15H29N3. The van der Waals surface area contributed by atoms with Crippen LogP contribution in [-0.4, -0.2) is 35.6 Å². The second kappa shape index (κ2) is 7.59. The number of hydrogen-bond donors (Lipinski definition) is 1. The highest BCUT2D eigenvalue weighted by molar-refractivity contribution is 5.26. The van der Waals surface area contributed by atoms with E-state index in [0.717, 1.165) is 26.2 Å². The quantitative estimate of drug-likeness (QED) is 0.716. The number of aromatic nitrogens is 1. The molecule has 0 atom stereocenters. The molecule has 0 saturated carbocycles. The van der Waals surface area contributed by atoms with Crippen molar-refractivity contribution in [3.63, 3.8) is 0 Å². The molecule has 0 aliphatic carbocycles. The van der Waals surface area contributed by atoms with Gasteiger partial charge in [0, 0.05) is 38.1 Å². The van der Waals surface area contributed by atoms with Crippen LogP contribution in [0, 0.1) is 13.8 Å². The van der Waals surface area contributed by atoms with E-state index in [2.05, 4.69) is 55.6 Å². The number of nitrogens with zero attached hydrogens (tertiary/aromatic N) is 2. The summed E-state index contributed by atoms with van der Waals surface area (Å²) in [5.41, 5.74) is 4.14. The lowest BCUT2D eigenvalue weighted by Gasteiger charge is -2.19. The summed E-state index contributed by atoms with van der Waals surface area (Å²) in [6.07, 6.45) is 1.24. The molecule has 0 spiro atoms. The van der Waals surface area contributed by atoms with Gasteiger partial charge in [-0.05, 0) is 45.0 Å². The van der Waals surface area contributed by atoms with Crippen LogP contribution in [0.15, 0.2) is 6.07 Å². The van der Waals surface area contributed by atoms with Gasteiger partial charge in [-0.15, -0.1) is 0 Å². The summed E-state index contributed by atoms with van der Waals surface area (Å²) in [7, 11) is 2.13. The minimum atomic E-state index is 0.983. The van der Waals surface area contributed by atoms with Crippen LogP contribution in [0.3, 0.4) is 0 Å². The Balaban J connectivity index is 2.31. The molecule has 0 saturated heterocycles. The average Bonchev–Trinajstić information content (AvgIpc) is 2.61. The van der Waals surface area contributed by atoms with Crippen molar-refractivity contribution in [1.29, 1.82) is 0 Å². The summed E-state index contributed by atoms with van der Waals surface area (Å²) in [6.45, 7) is 14.4. The highest BCUT2D eigenvalue weighted by Gasteiger charge is 2.05.